The molecule has 0 bridgehead atoms. The topological polar surface area (TPSA) is 58.6 Å². The number of anilines is 1. The van der Waals surface area contributed by atoms with E-state index in [1.807, 2.05) is 0 Å². The van der Waals surface area contributed by atoms with Gasteiger partial charge in [-0.1, -0.05) is 17.7 Å². The van der Waals surface area contributed by atoms with Gasteiger partial charge in [-0.25, -0.2) is 8.78 Å². The van der Waals surface area contributed by atoms with E-state index in [2.05, 4.69) is 5.32 Å². The highest BCUT2D eigenvalue weighted by molar-refractivity contribution is 6.39. The molecule has 0 radical (unpaired) electrons. The normalized spacial score (nSPS) is 10.3. The van der Waals surface area contributed by atoms with Crippen LogP contribution in [0.25, 0.3) is 0 Å². The Labute approximate surface area is 148 Å². The number of amides is 2. The number of halogens is 3. The van der Waals surface area contributed by atoms with Crippen LogP contribution in [-0.4, -0.2) is 30.9 Å². The number of carbonyl (C=O) groups excluding carboxylic acids is 2. The minimum Gasteiger partial charge on any atom is -0.494 e. The zero-order valence-electron chi connectivity index (χ0n) is 13.5. The van der Waals surface area contributed by atoms with Gasteiger partial charge in [-0.15, -0.1) is 0 Å². The molecule has 0 fully saturated rings. The van der Waals surface area contributed by atoms with Gasteiger partial charge in [0.25, 0.3) is 0 Å². The van der Waals surface area contributed by atoms with Crippen molar-refractivity contribution in [3.8, 4) is 5.75 Å². The number of hydrogen-bond donors (Lipinski definition) is 1. The summed E-state index contributed by atoms with van der Waals surface area (Å²) in [7, 11) is 2.75. The van der Waals surface area contributed by atoms with Crippen LogP contribution in [0.5, 0.6) is 5.75 Å². The maximum atomic E-state index is 13.7. The molecular weight excluding hydrogens is 354 g/mol. The molecule has 0 atom stereocenters. The molecule has 2 rings (SSSR count). The Morgan fingerprint density at radius 1 is 1.16 bits per heavy atom. The fraction of sp³-hybridized carbons (Fsp3) is 0.176. The molecule has 8 heteroatoms. The maximum absolute atomic E-state index is 13.7. The summed E-state index contributed by atoms with van der Waals surface area (Å²) in [5, 5.41) is 2.16. The highest BCUT2D eigenvalue weighted by atomic mass is 35.5. The molecule has 5 nitrogen and oxygen atoms in total. The lowest BCUT2D eigenvalue weighted by molar-refractivity contribution is -0.142. The Hall–Kier alpha value is -2.67. The van der Waals surface area contributed by atoms with Gasteiger partial charge in [0.05, 0.1) is 12.1 Å². The van der Waals surface area contributed by atoms with Gasteiger partial charge >= 0.3 is 11.8 Å². The second kappa shape index (κ2) is 7.94. The molecule has 2 amide bonds. The van der Waals surface area contributed by atoms with Gasteiger partial charge in [-0.2, -0.15) is 0 Å². The number of benzene rings is 2. The van der Waals surface area contributed by atoms with Crippen LogP contribution in [0, 0.1) is 11.6 Å². The van der Waals surface area contributed by atoms with E-state index in [0.717, 1.165) is 11.0 Å². The van der Waals surface area contributed by atoms with Crippen molar-refractivity contribution in [1.82, 2.24) is 4.90 Å². The first-order chi connectivity index (χ1) is 11.8. The zero-order chi connectivity index (χ0) is 18.6. The van der Waals surface area contributed by atoms with E-state index in [9.17, 15) is 18.4 Å². The summed E-state index contributed by atoms with van der Waals surface area (Å²) in [6.07, 6.45) is 0. The zero-order valence-corrected chi connectivity index (χ0v) is 14.2. The summed E-state index contributed by atoms with van der Waals surface area (Å²) in [6.45, 7) is 0.0251. The van der Waals surface area contributed by atoms with E-state index in [4.69, 9.17) is 16.3 Å². The van der Waals surface area contributed by atoms with E-state index in [0.29, 0.717) is 5.56 Å². The lowest BCUT2D eigenvalue weighted by Gasteiger charge is -2.17. The maximum Gasteiger partial charge on any atom is 0.313 e. The second-order valence-electron chi connectivity index (χ2n) is 5.21. The van der Waals surface area contributed by atoms with E-state index in [-0.39, 0.29) is 23.0 Å². The molecule has 0 saturated carbocycles. The molecule has 0 saturated heterocycles. The van der Waals surface area contributed by atoms with Crippen molar-refractivity contribution in [2.75, 3.05) is 19.5 Å². The van der Waals surface area contributed by atoms with Gasteiger partial charge in [0.15, 0.2) is 11.6 Å². The van der Waals surface area contributed by atoms with Crippen molar-refractivity contribution in [2.45, 2.75) is 6.54 Å². The quantitative estimate of drug-likeness (QED) is 0.843. The molecule has 132 valence electrons. The molecule has 0 aliphatic carbocycles. The largest absolute Gasteiger partial charge is 0.494 e. The van der Waals surface area contributed by atoms with Crippen LogP contribution in [0.1, 0.15) is 5.56 Å². The van der Waals surface area contributed by atoms with Gasteiger partial charge in [-0.3, -0.25) is 9.59 Å². The summed E-state index contributed by atoms with van der Waals surface area (Å²) in [5.74, 6) is -2.87. The van der Waals surface area contributed by atoms with Crippen LogP contribution in [0.2, 0.25) is 5.02 Å². The lowest BCUT2D eigenvalue weighted by atomic mass is 10.2. The molecule has 2 aromatic carbocycles. The average molecular weight is 369 g/mol. The number of likely N-dealkylation sites (N-methyl/N-ethyl adjacent to an activating group) is 1. The predicted molar refractivity (Wildman–Crippen MR) is 89.5 cm³/mol. The van der Waals surface area contributed by atoms with Crippen LogP contribution in [0.15, 0.2) is 36.4 Å². The minimum atomic E-state index is -0.917. The van der Waals surface area contributed by atoms with Crippen LogP contribution in [0.4, 0.5) is 14.5 Å². The van der Waals surface area contributed by atoms with Crippen LogP contribution < -0.4 is 10.1 Å². The molecule has 25 heavy (non-hydrogen) atoms. The van der Waals surface area contributed by atoms with E-state index < -0.39 is 23.4 Å². The molecule has 0 heterocycles. The third kappa shape index (κ3) is 4.67. The van der Waals surface area contributed by atoms with Crippen molar-refractivity contribution in [3.05, 3.63) is 58.6 Å². The number of methoxy groups -OCH3 is 1. The first kappa shape index (κ1) is 18.7. The second-order valence-corrected chi connectivity index (χ2v) is 5.62. The van der Waals surface area contributed by atoms with Gasteiger partial charge in [0.1, 0.15) is 5.82 Å². The molecule has 1 N–H and O–H groups in total. The Kier molecular flexibility index (Phi) is 5.93. The lowest BCUT2D eigenvalue weighted by Crippen LogP contribution is -2.36. The third-order valence-electron chi connectivity index (χ3n) is 3.35. The monoisotopic (exact) mass is 368 g/mol. The van der Waals surface area contributed by atoms with Gasteiger partial charge < -0.3 is 15.0 Å². The summed E-state index contributed by atoms with van der Waals surface area (Å²) in [4.78, 5) is 25.2. The summed E-state index contributed by atoms with van der Waals surface area (Å²) in [6, 6.07) is 7.80. The van der Waals surface area contributed by atoms with E-state index >= 15 is 0 Å². The van der Waals surface area contributed by atoms with Crippen molar-refractivity contribution >= 4 is 29.1 Å². The summed E-state index contributed by atoms with van der Waals surface area (Å²) < 4.78 is 31.6. The van der Waals surface area contributed by atoms with Crippen molar-refractivity contribution < 1.29 is 23.1 Å². The molecule has 0 aromatic heterocycles. The average Bonchev–Trinajstić information content (AvgIpc) is 2.57. The number of hydrogen-bond acceptors (Lipinski definition) is 3. The van der Waals surface area contributed by atoms with Gasteiger partial charge in [0.2, 0.25) is 0 Å². The number of nitrogens with one attached hydrogen (secondary N) is 1. The highest BCUT2D eigenvalue weighted by Gasteiger charge is 2.19. The van der Waals surface area contributed by atoms with E-state index in [1.165, 1.54) is 38.4 Å². The van der Waals surface area contributed by atoms with Crippen molar-refractivity contribution in [2.24, 2.45) is 0 Å². The number of ether oxygens (including phenoxy) is 1. The van der Waals surface area contributed by atoms with Gasteiger partial charge in [-0.05, 0) is 35.9 Å². The SMILES string of the molecule is COc1ccc(CN(C)C(=O)C(=O)Nc2ccc(F)c(Cl)c2)cc1F. The fourth-order valence-electron chi connectivity index (χ4n) is 2.09. The molecule has 0 spiro atoms. The Morgan fingerprint density at radius 2 is 1.88 bits per heavy atom. The van der Waals surface area contributed by atoms with Crippen LogP contribution in [0.3, 0.4) is 0 Å². The highest BCUT2D eigenvalue weighted by Crippen LogP contribution is 2.20. The molecular formula is C17H15ClF2N2O3. The first-order valence-electron chi connectivity index (χ1n) is 7.15. The number of nitrogens with zero attached hydrogens (tertiary/aromatic N) is 1. The standard InChI is InChI=1S/C17H15ClF2N2O3/c1-22(9-10-3-6-15(25-2)14(20)7-10)17(24)16(23)21-11-4-5-13(19)12(18)8-11/h3-8H,9H2,1-2H3,(H,21,23). The molecule has 0 aliphatic heterocycles. The fourth-order valence-corrected chi connectivity index (χ4v) is 2.27. The Bertz CT molecular complexity index is 814. The van der Waals surface area contributed by atoms with Crippen LogP contribution >= 0.6 is 11.6 Å². The molecule has 2 aromatic rings. The number of carbonyl (C=O) groups is 2. The predicted octanol–water partition coefficient (Wildman–Crippen LogP) is 3.22. The number of rotatable bonds is 4. The smallest absolute Gasteiger partial charge is 0.313 e. The van der Waals surface area contributed by atoms with Crippen molar-refractivity contribution in [3.63, 3.8) is 0 Å². The van der Waals surface area contributed by atoms with Crippen LogP contribution in [-0.2, 0) is 16.1 Å². The van der Waals surface area contributed by atoms with Gasteiger partial charge in [0, 0.05) is 19.3 Å². The third-order valence-corrected chi connectivity index (χ3v) is 3.64. The Balaban J connectivity index is 2.02. The van der Waals surface area contributed by atoms with E-state index in [1.54, 1.807) is 6.07 Å². The van der Waals surface area contributed by atoms with Crippen molar-refractivity contribution in [1.29, 1.82) is 0 Å². The minimum absolute atomic E-state index is 0.0251. The molecule has 0 aliphatic rings. The molecule has 0 unspecified atom stereocenters. The Morgan fingerprint density at radius 3 is 2.48 bits per heavy atom. The summed E-state index contributed by atoms with van der Waals surface area (Å²) >= 11 is 5.62. The summed E-state index contributed by atoms with van der Waals surface area (Å²) in [5.41, 5.74) is 0.681. The first-order valence-corrected chi connectivity index (χ1v) is 7.53.